The van der Waals surface area contributed by atoms with Gasteiger partial charge >= 0.3 is 0 Å². The van der Waals surface area contributed by atoms with Crippen LogP contribution in [0.3, 0.4) is 0 Å². The summed E-state index contributed by atoms with van der Waals surface area (Å²) in [5.74, 6) is 2.65. The summed E-state index contributed by atoms with van der Waals surface area (Å²) in [6, 6.07) is 16.7. The lowest BCUT2D eigenvalue weighted by Gasteiger charge is -2.08. The van der Waals surface area contributed by atoms with Crippen LogP contribution in [0.1, 0.15) is 43.9 Å². The first kappa shape index (κ1) is 19.0. The van der Waals surface area contributed by atoms with Gasteiger partial charge in [-0.05, 0) is 40.5 Å². The normalized spacial score (nSPS) is 11.1. The van der Waals surface area contributed by atoms with E-state index in [2.05, 4.69) is 69.9 Å². The monoisotopic (exact) mass is 387 g/mol. The van der Waals surface area contributed by atoms with Crippen LogP contribution in [0.2, 0.25) is 0 Å². The van der Waals surface area contributed by atoms with E-state index < -0.39 is 0 Å². The quantitative estimate of drug-likeness (QED) is 0.492. The van der Waals surface area contributed by atoms with Gasteiger partial charge in [0.15, 0.2) is 11.6 Å². The number of unbranched alkanes of at least 4 members (excludes halogenated alkanes) is 1. The van der Waals surface area contributed by atoms with Gasteiger partial charge in [0, 0.05) is 24.9 Å². The van der Waals surface area contributed by atoms with E-state index in [9.17, 15) is 0 Å². The zero-order valence-corrected chi connectivity index (χ0v) is 16.8. The average Bonchev–Trinajstić information content (AvgIpc) is 3.43. The lowest BCUT2D eigenvalue weighted by atomic mass is 9.98. The molecule has 0 saturated heterocycles. The molecule has 4 aromatic rings. The van der Waals surface area contributed by atoms with Gasteiger partial charge < -0.3 is 0 Å². The van der Waals surface area contributed by atoms with Crippen molar-refractivity contribution in [3.8, 4) is 22.5 Å². The summed E-state index contributed by atoms with van der Waals surface area (Å²) in [5.41, 5.74) is 4.42. The van der Waals surface area contributed by atoms with Crippen LogP contribution in [0.4, 0.5) is 0 Å². The Bertz CT molecular complexity index is 1050. The molecule has 0 fully saturated rings. The van der Waals surface area contributed by atoms with Crippen molar-refractivity contribution in [2.75, 3.05) is 0 Å². The highest BCUT2D eigenvalue weighted by atomic mass is 15.5. The Labute approximate surface area is 170 Å². The smallest absolute Gasteiger partial charge is 0.180 e. The summed E-state index contributed by atoms with van der Waals surface area (Å²) in [7, 11) is 0. The molecule has 0 bridgehead atoms. The van der Waals surface area contributed by atoms with Crippen molar-refractivity contribution in [2.24, 2.45) is 0 Å². The van der Waals surface area contributed by atoms with Gasteiger partial charge in [-0.25, -0.2) is 14.8 Å². The molecule has 2 aromatic carbocycles. The number of nitrogens with one attached hydrogen (secondary N) is 1. The van der Waals surface area contributed by atoms with E-state index in [4.69, 9.17) is 4.98 Å². The van der Waals surface area contributed by atoms with Crippen LogP contribution in [0.15, 0.2) is 48.5 Å². The number of tetrazole rings is 1. The van der Waals surface area contributed by atoms with Crippen molar-refractivity contribution in [3.05, 3.63) is 65.7 Å². The molecule has 4 rings (SSSR count). The van der Waals surface area contributed by atoms with Crippen LogP contribution in [0.5, 0.6) is 0 Å². The first-order valence-corrected chi connectivity index (χ1v) is 10.1. The van der Waals surface area contributed by atoms with Crippen LogP contribution < -0.4 is 0 Å². The molecule has 7 heteroatoms. The Morgan fingerprint density at radius 1 is 0.966 bits per heavy atom. The van der Waals surface area contributed by atoms with Gasteiger partial charge in [0.05, 0.1) is 0 Å². The Morgan fingerprint density at radius 3 is 2.45 bits per heavy atom. The van der Waals surface area contributed by atoms with Gasteiger partial charge in [-0.3, -0.25) is 0 Å². The fourth-order valence-corrected chi connectivity index (χ4v) is 3.45. The standard InChI is InChI=1S/C22H25N7/c1-3-5-10-20-23-21(29(4-2)26-20)15-16-11-13-17(14-12-16)18-8-6-7-9-19(18)22-24-27-28-25-22/h6-9,11-14H,3-5,10,15H2,1-2H3,(H,24,25,27,28). The van der Waals surface area contributed by atoms with Gasteiger partial charge in [-0.2, -0.15) is 5.10 Å². The number of aryl methyl sites for hydroxylation is 2. The molecule has 0 aliphatic rings. The van der Waals surface area contributed by atoms with E-state index in [1.165, 1.54) is 5.56 Å². The second kappa shape index (κ2) is 8.77. The maximum absolute atomic E-state index is 4.77. The minimum Gasteiger partial charge on any atom is -0.250 e. The number of benzene rings is 2. The number of nitrogens with zero attached hydrogens (tertiary/aromatic N) is 6. The summed E-state index contributed by atoms with van der Waals surface area (Å²) in [5, 5.41) is 18.9. The highest BCUT2D eigenvalue weighted by Gasteiger charge is 2.12. The lowest BCUT2D eigenvalue weighted by Crippen LogP contribution is -2.04. The predicted octanol–water partition coefficient (Wildman–Crippen LogP) is 4.08. The van der Waals surface area contributed by atoms with E-state index in [0.717, 1.165) is 60.6 Å². The molecule has 2 heterocycles. The van der Waals surface area contributed by atoms with Crippen molar-refractivity contribution in [1.82, 2.24) is 35.4 Å². The predicted molar refractivity (Wildman–Crippen MR) is 112 cm³/mol. The number of aromatic amines is 1. The number of hydrogen-bond acceptors (Lipinski definition) is 5. The maximum atomic E-state index is 4.77. The number of rotatable bonds is 8. The third-order valence-corrected chi connectivity index (χ3v) is 5.00. The van der Waals surface area contributed by atoms with Crippen molar-refractivity contribution in [2.45, 2.75) is 46.1 Å². The largest absolute Gasteiger partial charge is 0.250 e. The molecule has 0 amide bonds. The minimum atomic E-state index is 0.667. The molecule has 2 aromatic heterocycles. The van der Waals surface area contributed by atoms with Gasteiger partial charge in [0.2, 0.25) is 0 Å². The van der Waals surface area contributed by atoms with Gasteiger partial charge in [-0.15, -0.1) is 5.10 Å². The third-order valence-electron chi connectivity index (χ3n) is 5.00. The van der Waals surface area contributed by atoms with Gasteiger partial charge in [0.1, 0.15) is 5.82 Å². The summed E-state index contributed by atoms with van der Waals surface area (Å²) in [4.78, 5) is 4.77. The average molecular weight is 387 g/mol. The minimum absolute atomic E-state index is 0.667. The van der Waals surface area contributed by atoms with Crippen LogP contribution >= 0.6 is 0 Å². The summed E-state index contributed by atoms with van der Waals surface area (Å²) >= 11 is 0. The fourth-order valence-electron chi connectivity index (χ4n) is 3.45. The summed E-state index contributed by atoms with van der Waals surface area (Å²) in [6.45, 7) is 5.14. The molecule has 0 unspecified atom stereocenters. The van der Waals surface area contributed by atoms with Crippen molar-refractivity contribution in [1.29, 1.82) is 0 Å². The van der Waals surface area contributed by atoms with Crippen LogP contribution in [-0.4, -0.2) is 35.4 Å². The second-order valence-electron chi connectivity index (χ2n) is 7.03. The molecule has 7 nitrogen and oxygen atoms in total. The first-order valence-electron chi connectivity index (χ1n) is 10.1. The molecule has 148 valence electrons. The highest BCUT2D eigenvalue weighted by molar-refractivity contribution is 5.80. The summed E-state index contributed by atoms with van der Waals surface area (Å²) in [6.07, 6.45) is 4.01. The number of aromatic nitrogens is 7. The van der Waals surface area contributed by atoms with E-state index in [1.54, 1.807) is 0 Å². The topological polar surface area (TPSA) is 85.2 Å². The Balaban J connectivity index is 1.56. The maximum Gasteiger partial charge on any atom is 0.180 e. The zero-order chi connectivity index (χ0) is 20.1. The van der Waals surface area contributed by atoms with E-state index in [0.29, 0.717) is 5.82 Å². The van der Waals surface area contributed by atoms with Crippen molar-refractivity contribution in [3.63, 3.8) is 0 Å². The van der Waals surface area contributed by atoms with E-state index >= 15 is 0 Å². The molecule has 1 N–H and O–H groups in total. The van der Waals surface area contributed by atoms with E-state index in [-0.39, 0.29) is 0 Å². The Morgan fingerprint density at radius 2 is 1.76 bits per heavy atom. The number of H-pyrrole nitrogens is 1. The van der Waals surface area contributed by atoms with E-state index in [1.807, 2.05) is 22.9 Å². The zero-order valence-electron chi connectivity index (χ0n) is 16.8. The van der Waals surface area contributed by atoms with Gasteiger partial charge in [0.25, 0.3) is 0 Å². The van der Waals surface area contributed by atoms with Crippen molar-refractivity contribution < 1.29 is 0 Å². The Kier molecular flexibility index (Phi) is 5.74. The third kappa shape index (κ3) is 4.23. The second-order valence-corrected chi connectivity index (χ2v) is 7.03. The molecule has 29 heavy (non-hydrogen) atoms. The SMILES string of the molecule is CCCCc1nc(Cc2ccc(-c3ccccc3-c3nnn[nH]3)cc2)n(CC)n1. The fraction of sp³-hybridized carbons (Fsp3) is 0.318. The molecule has 0 atom stereocenters. The Hall–Kier alpha value is -3.35. The van der Waals surface area contributed by atoms with Crippen LogP contribution in [0.25, 0.3) is 22.5 Å². The van der Waals surface area contributed by atoms with Gasteiger partial charge in [-0.1, -0.05) is 61.9 Å². The first-order chi connectivity index (χ1) is 14.3. The van der Waals surface area contributed by atoms with Crippen LogP contribution in [-0.2, 0) is 19.4 Å². The van der Waals surface area contributed by atoms with Crippen LogP contribution in [0, 0.1) is 0 Å². The molecule has 0 aliphatic carbocycles. The molecule has 0 saturated carbocycles. The molecule has 0 spiro atoms. The summed E-state index contributed by atoms with van der Waals surface area (Å²) < 4.78 is 2.02. The molecule has 0 aliphatic heterocycles. The molecular formula is C22H25N7. The lowest BCUT2D eigenvalue weighted by molar-refractivity contribution is 0.614. The molecular weight excluding hydrogens is 362 g/mol. The number of hydrogen-bond donors (Lipinski definition) is 1. The molecule has 0 radical (unpaired) electrons. The van der Waals surface area contributed by atoms with Crippen molar-refractivity contribution >= 4 is 0 Å². The highest BCUT2D eigenvalue weighted by Crippen LogP contribution is 2.29.